The third-order valence-electron chi connectivity index (χ3n) is 5.64. The number of rotatable bonds is 9. The van der Waals surface area contributed by atoms with E-state index < -0.39 is 0 Å². The first-order chi connectivity index (χ1) is 17.1. The molecule has 0 unspecified atom stereocenters. The molecule has 0 fully saturated rings. The minimum absolute atomic E-state index is 0.0246. The van der Waals surface area contributed by atoms with Crippen LogP contribution in [0, 0.1) is 0 Å². The Morgan fingerprint density at radius 3 is 2.23 bits per heavy atom. The average Bonchev–Trinajstić information content (AvgIpc) is 3.40. The molecule has 0 spiro atoms. The van der Waals surface area contributed by atoms with E-state index in [0.717, 1.165) is 28.1 Å². The van der Waals surface area contributed by atoms with Crippen molar-refractivity contribution in [3.8, 4) is 0 Å². The van der Waals surface area contributed by atoms with Crippen LogP contribution in [0.15, 0.2) is 114 Å². The Morgan fingerprint density at radius 1 is 0.800 bits per heavy atom. The Kier molecular flexibility index (Phi) is 7.92. The number of carbonyl (C=O) groups excluding carboxylic acids is 2. The maximum atomic E-state index is 13.3. The van der Waals surface area contributed by atoms with Gasteiger partial charge in [-0.3, -0.25) is 9.59 Å². The van der Waals surface area contributed by atoms with Crippen LogP contribution in [-0.4, -0.2) is 23.8 Å². The van der Waals surface area contributed by atoms with Crippen LogP contribution in [0.25, 0.3) is 6.08 Å². The summed E-state index contributed by atoms with van der Waals surface area (Å²) in [5.74, 6) is 0.582. The zero-order valence-electron chi connectivity index (χ0n) is 19.7. The molecule has 0 aliphatic carbocycles. The summed E-state index contributed by atoms with van der Waals surface area (Å²) in [7, 11) is 1.76. The molecule has 0 radical (unpaired) electrons. The zero-order chi connectivity index (χ0) is 24.5. The first-order valence-electron chi connectivity index (χ1n) is 11.5. The van der Waals surface area contributed by atoms with Crippen molar-refractivity contribution in [1.82, 2.24) is 4.90 Å². The zero-order valence-corrected chi connectivity index (χ0v) is 19.7. The number of furan rings is 1. The van der Waals surface area contributed by atoms with Gasteiger partial charge in [0.05, 0.1) is 25.8 Å². The lowest BCUT2D eigenvalue weighted by Crippen LogP contribution is -2.29. The summed E-state index contributed by atoms with van der Waals surface area (Å²) < 4.78 is 5.35. The van der Waals surface area contributed by atoms with Gasteiger partial charge >= 0.3 is 0 Å². The van der Waals surface area contributed by atoms with Crippen molar-refractivity contribution in [3.63, 3.8) is 0 Å². The Morgan fingerprint density at radius 2 is 1.51 bits per heavy atom. The number of carbonyl (C=O) groups is 2. The Balaban J connectivity index is 1.53. The van der Waals surface area contributed by atoms with E-state index in [-0.39, 0.29) is 18.2 Å². The van der Waals surface area contributed by atoms with Crippen LogP contribution in [0.3, 0.4) is 0 Å². The Bertz CT molecular complexity index is 1270. The number of hydrogen-bond donors (Lipinski definition) is 0. The van der Waals surface area contributed by atoms with Gasteiger partial charge in [0.2, 0.25) is 5.91 Å². The summed E-state index contributed by atoms with van der Waals surface area (Å²) in [4.78, 5) is 29.5. The molecule has 0 aliphatic heterocycles. The molecule has 1 heterocycles. The molecular formula is C30H28N2O3. The summed E-state index contributed by atoms with van der Waals surface area (Å²) in [6.45, 7) is 0.836. The molecule has 35 heavy (non-hydrogen) atoms. The molecular weight excluding hydrogens is 436 g/mol. The van der Waals surface area contributed by atoms with Crippen LogP contribution < -0.4 is 4.90 Å². The average molecular weight is 465 g/mol. The summed E-state index contributed by atoms with van der Waals surface area (Å²) >= 11 is 0. The Labute approximate surface area is 205 Å². The molecule has 1 aromatic heterocycles. The van der Waals surface area contributed by atoms with Crippen molar-refractivity contribution < 1.29 is 14.0 Å². The quantitative estimate of drug-likeness (QED) is 0.297. The van der Waals surface area contributed by atoms with Crippen molar-refractivity contribution in [3.05, 3.63) is 132 Å². The first kappa shape index (κ1) is 23.8. The van der Waals surface area contributed by atoms with E-state index in [2.05, 4.69) is 0 Å². The molecule has 2 amide bonds. The van der Waals surface area contributed by atoms with Crippen LogP contribution in [0.5, 0.6) is 0 Å². The molecule has 5 heteroatoms. The SMILES string of the molecule is CN(Cc1ccco1)C(=O)Cc1cccc(N(Cc2ccccc2)C(=O)/C=C/c2ccccc2)c1. The lowest BCUT2D eigenvalue weighted by atomic mass is 10.1. The van der Waals surface area contributed by atoms with Gasteiger partial charge in [-0.2, -0.15) is 0 Å². The molecule has 0 bridgehead atoms. The number of amides is 2. The van der Waals surface area contributed by atoms with Gasteiger partial charge < -0.3 is 14.2 Å². The molecule has 0 aliphatic rings. The maximum Gasteiger partial charge on any atom is 0.251 e. The first-order valence-corrected chi connectivity index (χ1v) is 11.5. The molecule has 3 aromatic carbocycles. The Hall–Kier alpha value is -4.38. The van der Waals surface area contributed by atoms with E-state index in [9.17, 15) is 9.59 Å². The van der Waals surface area contributed by atoms with Crippen LogP contribution in [-0.2, 0) is 29.1 Å². The van der Waals surface area contributed by atoms with Crippen LogP contribution in [0.4, 0.5) is 5.69 Å². The highest BCUT2D eigenvalue weighted by Gasteiger charge is 2.16. The van der Waals surface area contributed by atoms with Crippen molar-refractivity contribution in [2.45, 2.75) is 19.5 Å². The van der Waals surface area contributed by atoms with Gasteiger partial charge in [-0.05, 0) is 47.0 Å². The molecule has 0 atom stereocenters. The number of nitrogens with zero attached hydrogens (tertiary/aromatic N) is 2. The van der Waals surface area contributed by atoms with Crippen LogP contribution >= 0.6 is 0 Å². The van der Waals surface area contributed by atoms with Gasteiger partial charge in [0, 0.05) is 18.8 Å². The van der Waals surface area contributed by atoms with Crippen molar-refractivity contribution in [2.75, 3.05) is 11.9 Å². The molecule has 4 aromatic rings. The van der Waals surface area contributed by atoms with Gasteiger partial charge in [-0.1, -0.05) is 72.8 Å². The monoisotopic (exact) mass is 464 g/mol. The standard InChI is InChI=1S/C30H28N2O3/c1-31(23-28-16-9-19-35-28)30(34)21-26-14-8-15-27(20-26)32(22-25-12-6-3-7-13-25)29(33)18-17-24-10-4-2-5-11-24/h2-20H,21-23H2,1H3/b18-17+. The van der Waals surface area contributed by atoms with Gasteiger partial charge in [-0.25, -0.2) is 0 Å². The van der Waals surface area contributed by atoms with Crippen molar-refractivity contribution >= 4 is 23.6 Å². The lowest BCUT2D eigenvalue weighted by molar-refractivity contribution is -0.129. The van der Waals surface area contributed by atoms with Crippen LogP contribution in [0.1, 0.15) is 22.5 Å². The second-order valence-electron chi connectivity index (χ2n) is 8.33. The normalized spacial score (nSPS) is 10.9. The second-order valence-corrected chi connectivity index (χ2v) is 8.33. The summed E-state index contributed by atoms with van der Waals surface area (Å²) in [5, 5.41) is 0. The smallest absolute Gasteiger partial charge is 0.251 e. The van der Waals surface area contributed by atoms with E-state index in [1.54, 1.807) is 29.2 Å². The summed E-state index contributed by atoms with van der Waals surface area (Å²) in [6, 6.07) is 30.9. The fraction of sp³-hybridized carbons (Fsp3) is 0.133. The predicted molar refractivity (Wildman–Crippen MR) is 138 cm³/mol. The van der Waals surface area contributed by atoms with E-state index in [0.29, 0.717) is 13.1 Å². The van der Waals surface area contributed by atoms with Gasteiger partial charge in [0.25, 0.3) is 5.91 Å². The minimum atomic E-state index is -0.129. The molecule has 5 nitrogen and oxygen atoms in total. The summed E-state index contributed by atoms with van der Waals surface area (Å²) in [6.07, 6.45) is 5.24. The van der Waals surface area contributed by atoms with Crippen molar-refractivity contribution in [2.24, 2.45) is 0 Å². The highest BCUT2D eigenvalue weighted by Crippen LogP contribution is 2.21. The second kappa shape index (κ2) is 11.7. The number of likely N-dealkylation sites (N-methyl/N-ethyl adjacent to an activating group) is 1. The number of anilines is 1. The van der Waals surface area contributed by atoms with Gasteiger partial charge in [0.15, 0.2) is 0 Å². The third-order valence-corrected chi connectivity index (χ3v) is 5.64. The highest BCUT2D eigenvalue weighted by molar-refractivity contribution is 6.03. The van der Waals surface area contributed by atoms with E-state index >= 15 is 0 Å². The van der Waals surface area contributed by atoms with Gasteiger partial charge in [-0.15, -0.1) is 0 Å². The van der Waals surface area contributed by atoms with E-state index in [1.165, 1.54) is 0 Å². The summed E-state index contributed by atoms with van der Waals surface area (Å²) in [5.41, 5.74) is 3.57. The molecule has 4 rings (SSSR count). The topological polar surface area (TPSA) is 53.8 Å². The molecule has 176 valence electrons. The predicted octanol–water partition coefficient (Wildman–Crippen LogP) is 5.73. The fourth-order valence-corrected chi connectivity index (χ4v) is 3.75. The van der Waals surface area contributed by atoms with E-state index in [4.69, 9.17) is 4.42 Å². The highest BCUT2D eigenvalue weighted by atomic mass is 16.3. The molecule has 0 saturated heterocycles. The minimum Gasteiger partial charge on any atom is -0.467 e. The third kappa shape index (κ3) is 6.81. The maximum absolute atomic E-state index is 13.3. The number of hydrogen-bond acceptors (Lipinski definition) is 3. The van der Waals surface area contributed by atoms with Crippen LogP contribution in [0.2, 0.25) is 0 Å². The van der Waals surface area contributed by atoms with Crippen molar-refractivity contribution in [1.29, 1.82) is 0 Å². The molecule has 0 N–H and O–H groups in total. The van der Waals surface area contributed by atoms with E-state index in [1.807, 2.05) is 103 Å². The lowest BCUT2D eigenvalue weighted by Gasteiger charge is -2.23. The largest absolute Gasteiger partial charge is 0.467 e. The molecule has 0 saturated carbocycles. The number of benzene rings is 3. The van der Waals surface area contributed by atoms with Gasteiger partial charge in [0.1, 0.15) is 5.76 Å². The fourth-order valence-electron chi connectivity index (χ4n) is 3.75.